The molecule has 1 aromatic carbocycles. The molecule has 0 bridgehead atoms. The number of benzene rings is 1. The normalized spacial score (nSPS) is 15.4. The van der Waals surface area contributed by atoms with Gasteiger partial charge in [0.2, 0.25) is 10.0 Å². The minimum atomic E-state index is -3.68. The first-order chi connectivity index (χ1) is 11.8. The number of carbonyl (C=O) groups excluding carboxylic acids is 3. The highest BCUT2D eigenvalue weighted by atomic mass is 32.2. The summed E-state index contributed by atoms with van der Waals surface area (Å²) in [5, 5.41) is 1.75. The molecule has 25 heavy (non-hydrogen) atoms. The molecule has 136 valence electrons. The lowest BCUT2D eigenvalue weighted by Crippen LogP contribution is -2.37. The first-order valence-corrected chi connectivity index (χ1v) is 9.11. The molecule has 1 aliphatic rings. The van der Waals surface area contributed by atoms with E-state index in [0.29, 0.717) is 13.1 Å². The van der Waals surface area contributed by atoms with Gasteiger partial charge in [0, 0.05) is 13.1 Å². The standard InChI is InChI=1S/C15H19N3O6S/c16-15(21)17-13(19)10-24-14(20)11-5-4-6-12(9-11)25(22,23)18-7-2-1-3-8-18/h4-6,9H,1-3,7-8,10H2,(H3,16,17,19,21). The van der Waals surface area contributed by atoms with Gasteiger partial charge in [-0.2, -0.15) is 4.31 Å². The third kappa shape index (κ3) is 5.00. The Morgan fingerprint density at radius 1 is 1.16 bits per heavy atom. The number of ether oxygens (including phenoxy) is 1. The number of nitrogens with two attached hydrogens (primary N) is 1. The first kappa shape index (κ1) is 18.9. The molecule has 1 fully saturated rings. The van der Waals surface area contributed by atoms with Crippen LogP contribution in [-0.2, 0) is 19.6 Å². The molecule has 0 radical (unpaired) electrons. The van der Waals surface area contributed by atoms with Gasteiger partial charge in [0.25, 0.3) is 5.91 Å². The van der Waals surface area contributed by atoms with Gasteiger partial charge in [0.1, 0.15) is 0 Å². The SMILES string of the molecule is NC(=O)NC(=O)COC(=O)c1cccc(S(=O)(=O)N2CCCCC2)c1. The Kier molecular flexibility index (Phi) is 6.10. The van der Waals surface area contributed by atoms with Gasteiger partial charge in [-0.15, -0.1) is 0 Å². The van der Waals surface area contributed by atoms with Crippen LogP contribution in [0.4, 0.5) is 4.79 Å². The molecule has 1 aliphatic heterocycles. The van der Waals surface area contributed by atoms with Crippen molar-refractivity contribution in [1.29, 1.82) is 0 Å². The second-order valence-electron chi connectivity index (χ2n) is 5.48. The lowest BCUT2D eigenvalue weighted by atomic mass is 10.2. The molecule has 1 saturated heterocycles. The fourth-order valence-corrected chi connectivity index (χ4v) is 3.99. The van der Waals surface area contributed by atoms with Crippen molar-refractivity contribution >= 4 is 27.9 Å². The number of nitrogens with zero attached hydrogens (tertiary/aromatic N) is 1. The molecule has 0 saturated carbocycles. The molecule has 2 rings (SSSR count). The molecule has 1 heterocycles. The summed E-state index contributed by atoms with van der Waals surface area (Å²) in [6.45, 7) is 0.194. The van der Waals surface area contributed by atoms with E-state index in [-0.39, 0.29) is 10.5 Å². The van der Waals surface area contributed by atoms with Gasteiger partial charge >= 0.3 is 12.0 Å². The van der Waals surface area contributed by atoms with Crippen LogP contribution in [0.1, 0.15) is 29.6 Å². The molecule has 0 atom stereocenters. The third-order valence-electron chi connectivity index (χ3n) is 3.62. The van der Waals surface area contributed by atoms with Crippen molar-refractivity contribution in [3.8, 4) is 0 Å². The van der Waals surface area contributed by atoms with E-state index in [0.717, 1.165) is 19.3 Å². The summed E-state index contributed by atoms with van der Waals surface area (Å²) in [5.74, 6) is -1.76. The molecule has 3 N–H and O–H groups in total. The highest BCUT2D eigenvalue weighted by Gasteiger charge is 2.26. The van der Waals surface area contributed by atoms with Crippen LogP contribution >= 0.6 is 0 Å². The molecule has 1 aromatic rings. The molecule has 3 amide bonds. The maximum Gasteiger partial charge on any atom is 0.338 e. The van der Waals surface area contributed by atoms with E-state index < -0.39 is 34.5 Å². The van der Waals surface area contributed by atoms with E-state index >= 15 is 0 Å². The highest BCUT2D eigenvalue weighted by molar-refractivity contribution is 7.89. The largest absolute Gasteiger partial charge is 0.452 e. The average molecular weight is 369 g/mol. The lowest BCUT2D eigenvalue weighted by Gasteiger charge is -2.25. The lowest BCUT2D eigenvalue weighted by molar-refractivity contribution is -0.123. The molecule has 9 nitrogen and oxygen atoms in total. The Balaban J connectivity index is 2.08. The summed E-state index contributed by atoms with van der Waals surface area (Å²) in [5.41, 5.74) is 4.76. The van der Waals surface area contributed by atoms with Gasteiger partial charge < -0.3 is 10.5 Å². The van der Waals surface area contributed by atoms with Crippen LogP contribution in [0.2, 0.25) is 0 Å². The number of hydrogen-bond donors (Lipinski definition) is 2. The number of sulfonamides is 1. The fourth-order valence-electron chi connectivity index (χ4n) is 2.43. The van der Waals surface area contributed by atoms with E-state index in [1.807, 2.05) is 0 Å². The van der Waals surface area contributed by atoms with Crippen molar-refractivity contribution in [3.05, 3.63) is 29.8 Å². The van der Waals surface area contributed by atoms with Gasteiger partial charge in [-0.1, -0.05) is 12.5 Å². The van der Waals surface area contributed by atoms with Gasteiger partial charge in [0.05, 0.1) is 10.5 Å². The summed E-state index contributed by atoms with van der Waals surface area (Å²) in [6.07, 6.45) is 2.59. The van der Waals surface area contributed by atoms with Crippen LogP contribution in [-0.4, -0.2) is 50.3 Å². The van der Waals surface area contributed by atoms with Crippen LogP contribution in [0.3, 0.4) is 0 Å². The van der Waals surface area contributed by atoms with Crippen LogP contribution in [0.15, 0.2) is 29.2 Å². The van der Waals surface area contributed by atoms with Crippen molar-refractivity contribution in [2.45, 2.75) is 24.2 Å². The number of piperidine rings is 1. The van der Waals surface area contributed by atoms with Gasteiger partial charge in [-0.25, -0.2) is 18.0 Å². The summed E-state index contributed by atoms with van der Waals surface area (Å²) in [4.78, 5) is 33.7. The Morgan fingerprint density at radius 3 is 2.48 bits per heavy atom. The zero-order chi connectivity index (χ0) is 18.4. The van der Waals surface area contributed by atoms with E-state index in [1.165, 1.54) is 28.6 Å². The van der Waals surface area contributed by atoms with Crippen molar-refractivity contribution in [3.63, 3.8) is 0 Å². The number of hydrogen-bond acceptors (Lipinski definition) is 6. The number of rotatable bonds is 5. The van der Waals surface area contributed by atoms with Crippen molar-refractivity contribution in [2.75, 3.05) is 19.7 Å². The molecule has 0 aliphatic carbocycles. The van der Waals surface area contributed by atoms with E-state index in [9.17, 15) is 22.8 Å². The number of primary amides is 1. The number of esters is 1. The quantitative estimate of drug-likeness (QED) is 0.712. The van der Waals surface area contributed by atoms with Crippen molar-refractivity contribution in [2.24, 2.45) is 5.73 Å². The summed E-state index contributed by atoms with van der Waals surface area (Å²) in [6, 6.07) is 4.36. The Morgan fingerprint density at radius 2 is 1.84 bits per heavy atom. The number of urea groups is 1. The average Bonchev–Trinajstić information content (AvgIpc) is 2.60. The second kappa shape index (κ2) is 8.08. The van der Waals surface area contributed by atoms with Gasteiger partial charge in [-0.05, 0) is 31.0 Å². The maximum absolute atomic E-state index is 12.6. The zero-order valence-electron chi connectivity index (χ0n) is 13.4. The van der Waals surface area contributed by atoms with Gasteiger partial charge in [0.15, 0.2) is 6.61 Å². The Labute approximate surface area is 145 Å². The highest BCUT2D eigenvalue weighted by Crippen LogP contribution is 2.21. The Hall–Kier alpha value is -2.46. The third-order valence-corrected chi connectivity index (χ3v) is 5.51. The van der Waals surface area contributed by atoms with Crippen molar-refractivity contribution < 1.29 is 27.5 Å². The minimum Gasteiger partial charge on any atom is -0.452 e. The fraction of sp³-hybridized carbons (Fsp3) is 0.400. The summed E-state index contributed by atoms with van der Waals surface area (Å²) in [7, 11) is -3.68. The molecule has 0 unspecified atom stereocenters. The molecular weight excluding hydrogens is 350 g/mol. The molecule has 0 spiro atoms. The van der Waals surface area contributed by atoms with Gasteiger partial charge in [-0.3, -0.25) is 10.1 Å². The topological polar surface area (TPSA) is 136 Å². The van der Waals surface area contributed by atoms with Crippen molar-refractivity contribution in [1.82, 2.24) is 9.62 Å². The summed E-state index contributed by atoms with van der Waals surface area (Å²) < 4.78 is 31.3. The minimum absolute atomic E-state index is 0.00885. The van der Waals surface area contributed by atoms with E-state index in [2.05, 4.69) is 0 Å². The molecular formula is C15H19N3O6S. The predicted molar refractivity (Wildman–Crippen MR) is 87.1 cm³/mol. The van der Waals surface area contributed by atoms with Crippen LogP contribution < -0.4 is 11.1 Å². The maximum atomic E-state index is 12.6. The van der Waals surface area contributed by atoms with Crippen LogP contribution in [0, 0.1) is 0 Å². The Bertz CT molecular complexity index is 771. The monoisotopic (exact) mass is 369 g/mol. The molecule has 0 aromatic heterocycles. The number of amides is 3. The number of imide groups is 1. The zero-order valence-corrected chi connectivity index (χ0v) is 14.3. The smallest absolute Gasteiger partial charge is 0.338 e. The van der Waals surface area contributed by atoms with Crippen LogP contribution in [0.5, 0.6) is 0 Å². The molecule has 10 heteroatoms. The van der Waals surface area contributed by atoms with E-state index in [1.54, 1.807) is 5.32 Å². The number of nitrogens with one attached hydrogen (secondary N) is 1. The second-order valence-corrected chi connectivity index (χ2v) is 7.42. The first-order valence-electron chi connectivity index (χ1n) is 7.67. The predicted octanol–water partition coefficient (Wildman–Crippen LogP) is 0.213. The van der Waals surface area contributed by atoms with E-state index in [4.69, 9.17) is 10.5 Å². The summed E-state index contributed by atoms with van der Waals surface area (Å²) >= 11 is 0. The van der Waals surface area contributed by atoms with Crippen LogP contribution in [0.25, 0.3) is 0 Å². The number of carbonyl (C=O) groups is 3.